The number of likely N-dealkylation sites (tertiary alicyclic amines) is 1. The van der Waals surface area contributed by atoms with Crippen LogP contribution in [0.15, 0.2) is 12.1 Å². The lowest BCUT2D eigenvalue weighted by molar-refractivity contribution is 0.0477. The fourth-order valence-electron chi connectivity index (χ4n) is 3.33. The summed E-state index contributed by atoms with van der Waals surface area (Å²) < 4.78 is 32.3. The highest BCUT2D eigenvalue weighted by atomic mass is 19.1. The zero-order chi connectivity index (χ0) is 17.9. The molecule has 1 fully saturated rings. The molecule has 1 saturated heterocycles. The van der Waals surface area contributed by atoms with Crippen molar-refractivity contribution in [2.24, 2.45) is 11.8 Å². The molecular weight excluding hydrogens is 318 g/mol. The molecule has 1 aliphatic heterocycles. The number of hydrogen-bond acceptors (Lipinski definition) is 4. The molecule has 0 saturated carbocycles. The number of benzene rings is 1. The number of hydrogen-bond donors (Lipinski definition) is 1. The Hall–Kier alpha value is -1.73. The number of carbonyl (C=O) groups is 1. The van der Waals surface area contributed by atoms with Crippen molar-refractivity contribution in [3.63, 3.8) is 0 Å². The van der Waals surface area contributed by atoms with Gasteiger partial charge in [-0.25, -0.2) is 8.78 Å². The Morgan fingerprint density at radius 1 is 1.29 bits per heavy atom. The summed E-state index contributed by atoms with van der Waals surface area (Å²) in [5.41, 5.74) is -0.0482. The number of halogens is 2. The minimum atomic E-state index is -0.901. The Kier molecular flexibility index (Phi) is 6.12. The second kappa shape index (κ2) is 7.90. The predicted octanol–water partition coefficient (Wildman–Crippen LogP) is 1.61. The van der Waals surface area contributed by atoms with E-state index in [1.54, 1.807) is 4.90 Å². The summed E-state index contributed by atoms with van der Waals surface area (Å²) in [5, 5.41) is 9.48. The van der Waals surface area contributed by atoms with Gasteiger partial charge in [-0.1, -0.05) is 0 Å². The van der Waals surface area contributed by atoms with Gasteiger partial charge in [-0.05, 0) is 44.5 Å². The molecule has 7 heteroatoms. The van der Waals surface area contributed by atoms with E-state index in [-0.39, 0.29) is 24.0 Å². The molecule has 0 radical (unpaired) electrons. The Bertz CT molecular complexity index is 572. The van der Waals surface area contributed by atoms with E-state index in [1.165, 1.54) is 7.11 Å². The van der Waals surface area contributed by atoms with Crippen molar-refractivity contribution in [3.05, 3.63) is 29.3 Å². The first-order valence-electron chi connectivity index (χ1n) is 7.93. The maximum absolute atomic E-state index is 13.8. The Balaban J connectivity index is 2.21. The van der Waals surface area contributed by atoms with Crippen LogP contribution in [0.5, 0.6) is 5.75 Å². The van der Waals surface area contributed by atoms with Gasteiger partial charge in [0.25, 0.3) is 5.91 Å². The largest absolute Gasteiger partial charge is 0.491 e. The van der Waals surface area contributed by atoms with E-state index in [1.807, 2.05) is 19.0 Å². The number of carbonyl (C=O) groups excluding carboxylic acids is 1. The van der Waals surface area contributed by atoms with Gasteiger partial charge < -0.3 is 19.6 Å². The van der Waals surface area contributed by atoms with Crippen molar-refractivity contribution < 1.29 is 23.4 Å². The van der Waals surface area contributed by atoms with Crippen LogP contribution in [0.25, 0.3) is 0 Å². The normalized spacial score (nSPS) is 21.2. The summed E-state index contributed by atoms with van der Waals surface area (Å²) in [6.07, 6.45) is 0.823. The second-order valence-electron chi connectivity index (χ2n) is 6.60. The van der Waals surface area contributed by atoms with E-state index in [9.17, 15) is 18.7 Å². The van der Waals surface area contributed by atoms with Gasteiger partial charge in [-0.15, -0.1) is 0 Å². The van der Waals surface area contributed by atoms with Gasteiger partial charge in [-0.3, -0.25) is 4.79 Å². The van der Waals surface area contributed by atoms with E-state index in [0.717, 1.165) is 25.1 Å². The highest BCUT2D eigenvalue weighted by Gasteiger charge is 2.31. The first kappa shape index (κ1) is 18.6. The van der Waals surface area contributed by atoms with Gasteiger partial charge in [0.1, 0.15) is 0 Å². The van der Waals surface area contributed by atoms with Crippen LogP contribution in [0.3, 0.4) is 0 Å². The molecule has 0 spiro atoms. The van der Waals surface area contributed by atoms with Crippen LogP contribution in [0.1, 0.15) is 16.8 Å². The Morgan fingerprint density at radius 3 is 2.38 bits per heavy atom. The quantitative estimate of drug-likeness (QED) is 0.883. The highest BCUT2D eigenvalue weighted by Crippen LogP contribution is 2.27. The number of rotatable bonds is 5. The van der Waals surface area contributed by atoms with Crippen LogP contribution in [0.2, 0.25) is 0 Å². The van der Waals surface area contributed by atoms with Crippen LogP contribution in [0.4, 0.5) is 8.78 Å². The molecule has 1 amide bonds. The number of aliphatic hydroxyl groups excluding tert-OH is 1. The van der Waals surface area contributed by atoms with Crippen molar-refractivity contribution in [2.75, 3.05) is 47.4 Å². The topological polar surface area (TPSA) is 53.0 Å². The number of aliphatic hydroxyl groups is 1. The molecule has 1 aromatic carbocycles. The number of ether oxygens (including phenoxy) is 1. The Morgan fingerprint density at radius 2 is 1.88 bits per heavy atom. The van der Waals surface area contributed by atoms with Crippen LogP contribution in [-0.4, -0.2) is 68.3 Å². The molecule has 5 nitrogen and oxygen atoms in total. The number of piperidine rings is 1. The fourth-order valence-corrected chi connectivity index (χ4v) is 3.33. The summed E-state index contributed by atoms with van der Waals surface area (Å²) >= 11 is 0. The van der Waals surface area contributed by atoms with Gasteiger partial charge in [0.05, 0.1) is 7.11 Å². The lowest BCUT2D eigenvalue weighted by Gasteiger charge is -2.38. The molecule has 0 unspecified atom stereocenters. The van der Waals surface area contributed by atoms with E-state index >= 15 is 0 Å². The van der Waals surface area contributed by atoms with Crippen LogP contribution in [-0.2, 0) is 0 Å². The van der Waals surface area contributed by atoms with Crippen molar-refractivity contribution >= 4 is 5.91 Å². The summed E-state index contributed by atoms with van der Waals surface area (Å²) in [5.74, 6) is -2.55. The van der Waals surface area contributed by atoms with Crippen molar-refractivity contribution in [3.8, 4) is 5.75 Å². The average molecular weight is 342 g/mol. The lowest BCUT2D eigenvalue weighted by atomic mass is 9.89. The van der Waals surface area contributed by atoms with Gasteiger partial charge in [0.2, 0.25) is 0 Å². The average Bonchev–Trinajstić information content (AvgIpc) is 2.52. The van der Waals surface area contributed by atoms with Gasteiger partial charge in [-0.2, -0.15) is 0 Å². The summed E-state index contributed by atoms with van der Waals surface area (Å²) in [6, 6.07) is 1.99. The minimum Gasteiger partial charge on any atom is -0.491 e. The van der Waals surface area contributed by atoms with Gasteiger partial charge in [0, 0.05) is 31.8 Å². The number of methoxy groups -OCH3 is 1. The van der Waals surface area contributed by atoms with E-state index in [2.05, 4.69) is 4.74 Å². The first-order chi connectivity index (χ1) is 11.3. The number of amides is 1. The molecule has 0 aromatic heterocycles. The standard InChI is InChI=1S/C17H24F2N2O3/c1-20(2)7-11-4-12(10-22)9-21(8-11)17(23)13-5-14(18)16(24-3)15(19)6-13/h5-6,11-12,22H,4,7-10H2,1-3H3/t11-,12+/m0/s1. The summed E-state index contributed by atoms with van der Waals surface area (Å²) in [6.45, 7) is 1.65. The molecule has 1 aromatic rings. The third-order valence-electron chi connectivity index (χ3n) is 4.24. The molecule has 0 aliphatic carbocycles. The van der Waals surface area contributed by atoms with Crippen LogP contribution < -0.4 is 4.74 Å². The predicted molar refractivity (Wildman–Crippen MR) is 86.1 cm³/mol. The molecule has 134 valence electrons. The van der Waals surface area contributed by atoms with Crippen molar-refractivity contribution in [2.45, 2.75) is 6.42 Å². The van der Waals surface area contributed by atoms with Gasteiger partial charge in [0.15, 0.2) is 17.4 Å². The van der Waals surface area contributed by atoms with Crippen LogP contribution in [0, 0.1) is 23.5 Å². The van der Waals surface area contributed by atoms with E-state index < -0.39 is 23.3 Å². The fraction of sp³-hybridized carbons (Fsp3) is 0.588. The molecule has 2 atom stereocenters. The minimum absolute atomic E-state index is 0.0148. The smallest absolute Gasteiger partial charge is 0.254 e. The van der Waals surface area contributed by atoms with Crippen molar-refractivity contribution in [1.82, 2.24) is 9.80 Å². The Labute approximate surface area is 140 Å². The first-order valence-corrected chi connectivity index (χ1v) is 7.93. The summed E-state index contributed by atoms with van der Waals surface area (Å²) in [7, 11) is 5.07. The van der Waals surface area contributed by atoms with Crippen molar-refractivity contribution in [1.29, 1.82) is 0 Å². The maximum Gasteiger partial charge on any atom is 0.254 e. The zero-order valence-electron chi connectivity index (χ0n) is 14.3. The molecular formula is C17H24F2N2O3. The number of nitrogens with zero attached hydrogens (tertiary/aromatic N) is 2. The third kappa shape index (κ3) is 4.21. The molecule has 24 heavy (non-hydrogen) atoms. The summed E-state index contributed by atoms with van der Waals surface area (Å²) in [4.78, 5) is 16.2. The molecule has 2 rings (SSSR count). The van der Waals surface area contributed by atoms with E-state index in [4.69, 9.17) is 0 Å². The molecule has 1 heterocycles. The zero-order valence-corrected chi connectivity index (χ0v) is 14.3. The van der Waals surface area contributed by atoms with Gasteiger partial charge >= 0.3 is 0 Å². The van der Waals surface area contributed by atoms with Crippen LogP contribution >= 0.6 is 0 Å². The monoisotopic (exact) mass is 342 g/mol. The molecule has 1 N–H and O–H groups in total. The third-order valence-corrected chi connectivity index (χ3v) is 4.24. The van der Waals surface area contributed by atoms with E-state index in [0.29, 0.717) is 13.1 Å². The molecule has 1 aliphatic rings. The SMILES string of the molecule is COc1c(F)cc(C(=O)N2C[C@H](CO)C[C@@H](CN(C)C)C2)cc1F. The molecule has 0 bridgehead atoms. The highest BCUT2D eigenvalue weighted by molar-refractivity contribution is 5.94. The second-order valence-corrected chi connectivity index (χ2v) is 6.60. The lowest BCUT2D eigenvalue weighted by Crippen LogP contribution is -2.47. The maximum atomic E-state index is 13.8.